The highest BCUT2D eigenvalue weighted by atomic mass is 16.5. The van der Waals surface area contributed by atoms with Crippen molar-refractivity contribution in [2.45, 2.75) is 0 Å². The van der Waals surface area contributed by atoms with Gasteiger partial charge in [0, 0.05) is 5.56 Å². The van der Waals surface area contributed by atoms with E-state index in [2.05, 4.69) is 11.3 Å². The summed E-state index contributed by atoms with van der Waals surface area (Å²) in [5.74, 6) is -0.310. The van der Waals surface area contributed by atoms with Crippen LogP contribution in [0.5, 0.6) is 0 Å². The van der Waals surface area contributed by atoms with Crippen molar-refractivity contribution >= 4 is 5.97 Å². The van der Waals surface area contributed by atoms with Gasteiger partial charge in [-0.1, -0.05) is 18.2 Å². The molecule has 0 fully saturated rings. The average Bonchev–Trinajstić information content (AvgIpc) is 2.34. The molecule has 0 N–H and O–H groups in total. The first-order valence-corrected chi connectivity index (χ1v) is 2.94. The van der Waals surface area contributed by atoms with Crippen LogP contribution in [-0.4, -0.2) is 5.97 Å². The van der Waals surface area contributed by atoms with Gasteiger partial charge in [0.15, 0.2) is 0 Å². The van der Waals surface area contributed by atoms with E-state index in [1.807, 2.05) is 6.07 Å². The molecular weight excluding hydrogens is 128 g/mol. The average molecular weight is 132 g/mol. The van der Waals surface area contributed by atoms with Crippen LogP contribution in [0.15, 0.2) is 24.3 Å². The summed E-state index contributed by atoms with van der Waals surface area (Å²) in [4.78, 5) is 10.8. The van der Waals surface area contributed by atoms with Gasteiger partial charge in [-0.15, -0.1) is 0 Å². The van der Waals surface area contributed by atoms with E-state index in [1.165, 1.54) is 0 Å². The van der Waals surface area contributed by atoms with Gasteiger partial charge >= 0.3 is 5.97 Å². The van der Waals surface area contributed by atoms with Crippen LogP contribution in [0.2, 0.25) is 0 Å². The standard InChI is InChI=1S/C8H4O2/c9-8-7-4-2-1-3-6(7)5-10-8/h1-4H. The van der Waals surface area contributed by atoms with E-state index in [0.717, 1.165) is 5.56 Å². The second-order valence-electron chi connectivity index (χ2n) is 2.04. The summed E-state index contributed by atoms with van der Waals surface area (Å²) in [5, 5.41) is 0. The second kappa shape index (κ2) is 1.84. The van der Waals surface area contributed by atoms with Crippen LogP contribution in [0.3, 0.4) is 0 Å². The van der Waals surface area contributed by atoms with Crippen LogP contribution >= 0.6 is 0 Å². The Kier molecular flexibility index (Phi) is 1.01. The number of cyclic esters (lactones) is 1. The maximum atomic E-state index is 10.8. The summed E-state index contributed by atoms with van der Waals surface area (Å²) in [6.45, 7) is 2.50. The maximum absolute atomic E-state index is 10.8. The second-order valence-corrected chi connectivity index (χ2v) is 2.04. The van der Waals surface area contributed by atoms with Crippen molar-refractivity contribution in [3.8, 4) is 0 Å². The fraction of sp³-hybridized carbons (Fsp3) is 0. The lowest BCUT2D eigenvalue weighted by molar-refractivity contribution is 0.0658. The summed E-state index contributed by atoms with van der Waals surface area (Å²) in [6, 6.07) is 7.15. The Balaban J connectivity index is 2.61. The van der Waals surface area contributed by atoms with Gasteiger partial charge in [0.05, 0.1) is 5.56 Å². The lowest BCUT2D eigenvalue weighted by atomic mass is 10.1. The number of benzene rings is 1. The molecule has 2 rings (SSSR count). The molecule has 0 saturated heterocycles. The minimum Gasteiger partial charge on any atom is -0.441 e. The third-order valence-electron chi connectivity index (χ3n) is 1.40. The molecule has 48 valence electrons. The summed E-state index contributed by atoms with van der Waals surface area (Å²) in [7, 11) is 0. The van der Waals surface area contributed by atoms with Crippen molar-refractivity contribution in [2.75, 3.05) is 0 Å². The Hall–Kier alpha value is -1.31. The van der Waals surface area contributed by atoms with Crippen molar-refractivity contribution in [2.24, 2.45) is 0 Å². The quantitative estimate of drug-likeness (QED) is 0.496. The predicted molar refractivity (Wildman–Crippen MR) is 34.2 cm³/mol. The van der Waals surface area contributed by atoms with E-state index in [1.54, 1.807) is 18.2 Å². The molecule has 0 aromatic heterocycles. The van der Waals surface area contributed by atoms with Crippen molar-refractivity contribution in [3.05, 3.63) is 42.0 Å². The molecule has 0 spiro atoms. The van der Waals surface area contributed by atoms with E-state index in [-0.39, 0.29) is 5.97 Å². The van der Waals surface area contributed by atoms with Crippen molar-refractivity contribution in [1.29, 1.82) is 0 Å². The van der Waals surface area contributed by atoms with E-state index in [0.29, 0.717) is 5.56 Å². The highest BCUT2D eigenvalue weighted by Crippen LogP contribution is 2.19. The van der Waals surface area contributed by atoms with Crippen LogP contribution < -0.4 is 0 Å². The number of rotatable bonds is 0. The molecule has 10 heavy (non-hydrogen) atoms. The van der Waals surface area contributed by atoms with Crippen LogP contribution in [0, 0.1) is 6.61 Å². The van der Waals surface area contributed by atoms with Crippen LogP contribution in [0.25, 0.3) is 0 Å². The lowest BCUT2D eigenvalue weighted by Gasteiger charge is -1.87. The van der Waals surface area contributed by atoms with Gasteiger partial charge in [-0.05, 0) is 6.07 Å². The number of esters is 1. The number of hydrogen-bond acceptors (Lipinski definition) is 2. The lowest BCUT2D eigenvalue weighted by Crippen LogP contribution is -1.91. The van der Waals surface area contributed by atoms with Gasteiger partial charge in [0.1, 0.15) is 0 Å². The Labute approximate surface area is 58.4 Å². The summed E-state index contributed by atoms with van der Waals surface area (Å²) in [5.41, 5.74) is 1.34. The molecule has 0 saturated carbocycles. The summed E-state index contributed by atoms with van der Waals surface area (Å²) >= 11 is 0. The van der Waals surface area contributed by atoms with Crippen LogP contribution in [-0.2, 0) is 4.74 Å². The molecule has 1 heterocycles. The van der Waals surface area contributed by atoms with E-state index in [4.69, 9.17) is 0 Å². The van der Waals surface area contributed by atoms with Crippen molar-refractivity contribution < 1.29 is 9.53 Å². The van der Waals surface area contributed by atoms with Gasteiger partial charge in [0.25, 0.3) is 0 Å². The van der Waals surface area contributed by atoms with E-state index in [9.17, 15) is 4.79 Å². The Morgan fingerprint density at radius 2 is 2.10 bits per heavy atom. The smallest absolute Gasteiger partial charge is 0.339 e. The Morgan fingerprint density at radius 3 is 2.90 bits per heavy atom. The number of fused-ring (bicyclic) bond motifs is 1. The van der Waals surface area contributed by atoms with Gasteiger partial charge in [-0.25, -0.2) is 4.79 Å². The number of carbonyl (C=O) groups is 1. The first-order chi connectivity index (χ1) is 4.88. The molecule has 0 aliphatic carbocycles. The number of carbonyl (C=O) groups excluding carboxylic acids is 1. The molecule has 0 atom stereocenters. The molecular formula is C8H4O2. The maximum Gasteiger partial charge on any atom is 0.339 e. The molecule has 0 amide bonds. The SMILES string of the molecule is O=C1O[C]c2ccccc21. The highest BCUT2D eigenvalue weighted by molar-refractivity contribution is 5.94. The van der Waals surface area contributed by atoms with Gasteiger partial charge in [-0.3, -0.25) is 0 Å². The molecule has 1 aromatic rings. The van der Waals surface area contributed by atoms with Crippen LogP contribution in [0.1, 0.15) is 15.9 Å². The van der Waals surface area contributed by atoms with Crippen molar-refractivity contribution in [1.82, 2.24) is 0 Å². The zero-order valence-electron chi connectivity index (χ0n) is 5.13. The van der Waals surface area contributed by atoms with Gasteiger partial charge in [0.2, 0.25) is 6.61 Å². The molecule has 0 unspecified atom stereocenters. The highest BCUT2D eigenvalue weighted by Gasteiger charge is 2.20. The molecule has 1 aromatic carbocycles. The molecule has 0 bridgehead atoms. The third kappa shape index (κ3) is 0.620. The number of ether oxygens (including phenoxy) is 1. The molecule has 2 radical (unpaired) electrons. The summed E-state index contributed by atoms with van der Waals surface area (Å²) < 4.78 is 4.53. The van der Waals surface area contributed by atoms with Crippen molar-refractivity contribution in [3.63, 3.8) is 0 Å². The van der Waals surface area contributed by atoms with Gasteiger partial charge < -0.3 is 4.74 Å². The minimum absolute atomic E-state index is 0.310. The summed E-state index contributed by atoms with van der Waals surface area (Å²) in [6.07, 6.45) is 0. The topological polar surface area (TPSA) is 26.3 Å². The largest absolute Gasteiger partial charge is 0.441 e. The molecule has 2 heteroatoms. The van der Waals surface area contributed by atoms with Crippen LogP contribution in [0.4, 0.5) is 0 Å². The third-order valence-corrected chi connectivity index (χ3v) is 1.40. The van der Waals surface area contributed by atoms with Gasteiger partial charge in [-0.2, -0.15) is 0 Å². The number of hydrogen-bond donors (Lipinski definition) is 0. The Morgan fingerprint density at radius 1 is 1.30 bits per heavy atom. The zero-order chi connectivity index (χ0) is 6.97. The Bertz CT molecular complexity index is 278. The molecule has 1 aliphatic rings. The molecule has 2 nitrogen and oxygen atoms in total. The zero-order valence-corrected chi connectivity index (χ0v) is 5.13. The fourth-order valence-electron chi connectivity index (χ4n) is 0.906. The monoisotopic (exact) mass is 132 g/mol. The first-order valence-electron chi connectivity index (χ1n) is 2.94. The van der Waals surface area contributed by atoms with E-state index < -0.39 is 0 Å². The fourth-order valence-corrected chi connectivity index (χ4v) is 0.906. The normalized spacial score (nSPS) is 14.6. The predicted octanol–water partition coefficient (Wildman–Crippen LogP) is 1.24. The molecule has 1 aliphatic heterocycles. The van der Waals surface area contributed by atoms with E-state index >= 15 is 0 Å². The minimum atomic E-state index is -0.310. The first kappa shape index (κ1) is 5.47.